The highest BCUT2D eigenvalue weighted by molar-refractivity contribution is 6.01. The van der Waals surface area contributed by atoms with Gasteiger partial charge in [0.2, 0.25) is 0 Å². The Morgan fingerprint density at radius 3 is 2.76 bits per heavy atom. The van der Waals surface area contributed by atoms with Gasteiger partial charge in [-0.25, -0.2) is 0 Å². The van der Waals surface area contributed by atoms with Gasteiger partial charge in [0.25, 0.3) is 5.91 Å². The van der Waals surface area contributed by atoms with E-state index in [4.69, 9.17) is 9.47 Å². The molecule has 25 heavy (non-hydrogen) atoms. The zero-order valence-electron chi connectivity index (χ0n) is 15.2. The van der Waals surface area contributed by atoms with Crippen LogP contribution in [0.1, 0.15) is 45.1 Å². The standard InChI is InChI=1S/C20H26N2O3/c1-4-25-19-12-15(9-10-18(19)24-3)11-16(13-21)20(23)22-17-8-6-5-7-14(17)2/h9-12,14,17H,4-8H2,1-3H3,(H,22,23)/b16-11+. The first-order valence-corrected chi connectivity index (χ1v) is 8.82. The lowest BCUT2D eigenvalue weighted by molar-refractivity contribution is -0.118. The minimum Gasteiger partial charge on any atom is -0.493 e. The number of benzene rings is 1. The molecule has 5 nitrogen and oxygen atoms in total. The fourth-order valence-electron chi connectivity index (χ4n) is 3.14. The summed E-state index contributed by atoms with van der Waals surface area (Å²) in [6.07, 6.45) is 6.01. The van der Waals surface area contributed by atoms with E-state index >= 15 is 0 Å². The lowest BCUT2D eigenvalue weighted by Gasteiger charge is -2.29. The van der Waals surface area contributed by atoms with Crippen molar-refractivity contribution in [2.24, 2.45) is 5.92 Å². The molecule has 2 unspecified atom stereocenters. The molecule has 134 valence electrons. The number of ether oxygens (including phenoxy) is 2. The van der Waals surface area contributed by atoms with Crippen LogP contribution < -0.4 is 14.8 Å². The third kappa shape index (κ3) is 4.99. The van der Waals surface area contributed by atoms with Gasteiger partial charge in [-0.2, -0.15) is 5.26 Å². The summed E-state index contributed by atoms with van der Waals surface area (Å²) >= 11 is 0. The molecule has 0 aliphatic heterocycles. The van der Waals surface area contributed by atoms with Crippen LogP contribution in [0.2, 0.25) is 0 Å². The number of hydrogen-bond acceptors (Lipinski definition) is 4. The van der Waals surface area contributed by atoms with E-state index in [2.05, 4.69) is 12.2 Å². The highest BCUT2D eigenvalue weighted by Gasteiger charge is 2.24. The Hall–Kier alpha value is -2.48. The van der Waals surface area contributed by atoms with Gasteiger partial charge in [0, 0.05) is 6.04 Å². The Morgan fingerprint density at radius 2 is 2.12 bits per heavy atom. The normalized spacial score (nSPS) is 20.5. The molecule has 0 saturated heterocycles. The van der Waals surface area contributed by atoms with Crippen LogP contribution in [0, 0.1) is 17.2 Å². The SMILES string of the molecule is CCOc1cc(/C=C(\C#N)C(=O)NC2CCCCC2C)ccc1OC. The van der Waals surface area contributed by atoms with E-state index < -0.39 is 0 Å². The predicted molar refractivity (Wildman–Crippen MR) is 97.3 cm³/mol. The number of carbonyl (C=O) groups excluding carboxylic acids is 1. The third-order valence-electron chi connectivity index (χ3n) is 4.59. The number of nitriles is 1. The first-order chi connectivity index (χ1) is 12.1. The highest BCUT2D eigenvalue weighted by Crippen LogP contribution is 2.29. The molecule has 1 N–H and O–H groups in total. The van der Waals surface area contributed by atoms with Crippen LogP contribution in [-0.2, 0) is 4.79 Å². The van der Waals surface area contributed by atoms with Gasteiger partial charge in [-0.3, -0.25) is 4.79 Å². The van der Waals surface area contributed by atoms with E-state index in [1.54, 1.807) is 31.4 Å². The second-order valence-corrected chi connectivity index (χ2v) is 6.35. The van der Waals surface area contributed by atoms with Gasteiger partial charge >= 0.3 is 0 Å². The van der Waals surface area contributed by atoms with Crippen molar-refractivity contribution in [1.82, 2.24) is 5.32 Å². The molecule has 0 heterocycles. The lowest BCUT2D eigenvalue weighted by atomic mass is 9.86. The molecular weight excluding hydrogens is 316 g/mol. The van der Waals surface area contributed by atoms with Crippen LogP contribution in [-0.4, -0.2) is 25.7 Å². The number of hydrogen-bond donors (Lipinski definition) is 1. The fraction of sp³-hybridized carbons (Fsp3) is 0.500. The Balaban J connectivity index is 2.17. The highest BCUT2D eigenvalue weighted by atomic mass is 16.5. The first-order valence-electron chi connectivity index (χ1n) is 8.82. The molecule has 2 atom stereocenters. The van der Waals surface area contributed by atoms with Crippen LogP contribution >= 0.6 is 0 Å². The molecule has 1 fully saturated rings. The van der Waals surface area contributed by atoms with Crippen LogP contribution in [0.15, 0.2) is 23.8 Å². The molecule has 1 amide bonds. The number of methoxy groups -OCH3 is 1. The van der Waals surface area contributed by atoms with Gasteiger partial charge in [-0.1, -0.05) is 25.8 Å². The van der Waals surface area contributed by atoms with Crippen molar-refractivity contribution in [2.75, 3.05) is 13.7 Å². The van der Waals surface area contributed by atoms with Gasteiger partial charge in [0.1, 0.15) is 11.6 Å². The summed E-state index contributed by atoms with van der Waals surface area (Å²) in [5.41, 5.74) is 0.832. The Bertz CT molecular complexity index is 676. The van der Waals surface area contributed by atoms with E-state index in [9.17, 15) is 10.1 Å². The predicted octanol–water partition coefficient (Wildman–Crippen LogP) is 3.70. The summed E-state index contributed by atoms with van der Waals surface area (Å²) < 4.78 is 10.8. The van der Waals surface area contributed by atoms with E-state index in [-0.39, 0.29) is 17.5 Å². The van der Waals surface area contributed by atoms with Gasteiger partial charge in [0.15, 0.2) is 11.5 Å². The van der Waals surface area contributed by atoms with Gasteiger partial charge < -0.3 is 14.8 Å². The minimum atomic E-state index is -0.310. The maximum atomic E-state index is 12.5. The van der Waals surface area contributed by atoms with Gasteiger partial charge in [0.05, 0.1) is 13.7 Å². The van der Waals surface area contributed by atoms with Crippen molar-refractivity contribution in [2.45, 2.75) is 45.6 Å². The van der Waals surface area contributed by atoms with Gasteiger partial charge in [-0.15, -0.1) is 0 Å². The maximum absolute atomic E-state index is 12.5. The summed E-state index contributed by atoms with van der Waals surface area (Å²) in [7, 11) is 1.58. The Labute approximate surface area is 149 Å². The quantitative estimate of drug-likeness (QED) is 0.632. The topological polar surface area (TPSA) is 71.3 Å². The smallest absolute Gasteiger partial charge is 0.262 e. The Kier molecular flexibility index (Phi) is 6.88. The van der Waals surface area contributed by atoms with Crippen LogP contribution in [0.5, 0.6) is 11.5 Å². The molecular formula is C20H26N2O3. The van der Waals surface area contributed by atoms with Crippen LogP contribution in [0.4, 0.5) is 0 Å². The zero-order chi connectivity index (χ0) is 18.2. The molecule has 1 saturated carbocycles. The molecule has 0 aromatic heterocycles. The maximum Gasteiger partial charge on any atom is 0.262 e. The molecule has 0 bridgehead atoms. The number of nitrogens with one attached hydrogen (secondary N) is 1. The van der Waals surface area contributed by atoms with E-state index in [0.717, 1.165) is 24.8 Å². The van der Waals surface area contributed by atoms with Crippen molar-refractivity contribution in [3.63, 3.8) is 0 Å². The molecule has 1 aromatic carbocycles. The lowest BCUT2D eigenvalue weighted by Crippen LogP contribution is -2.41. The van der Waals surface area contributed by atoms with Crippen LogP contribution in [0.3, 0.4) is 0 Å². The molecule has 1 aromatic rings. The van der Waals surface area contributed by atoms with E-state index in [1.165, 1.54) is 6.42 Å². The van der Waals surface area contributed by atoms with Crippen molar-refractivity contribution in [3.8, 4) is 17.6 Å². The molecule has 5 heteroatoms. The minimum absolute atomic E-state index is 0.102. The summed E-state index contributed by atoms with van der Waals surface area (Å²) in [6, 6.07) is 7.50. The van der Waals surface area contributed by atoms with E-state index in [0.29, 0.717) is 24.0 Å². The summed E-state index contributed by atoms with van der Waals surface area (Å²) in [4.78, 5) is 12.5. The number of carbonyl (C=O) groups is 1. The van der Waals surface area contributed by atoms with Gasteiger partial charge in [-0.05, 0) is 49.5 Å². The molecule has 2 rings (SSSR count). The average molecular weight is 342 g/mol. The number of rotatable bonds is 6. The molecule has 0 radical (unpaired) electrons. The number of nitrogens with zero attached hydrogens (tertiary/aromatic N) is 1. The fourth-order valence-corrected chi connectivity index (χ4v) is 3.14. The number of amides is 1. The Morgan fingerprint density at radius 1 is 1.36 bits per heavy atom. The monoisotopic (exact) mass is 342 g/mol. The first kappa shape index (κ1) is 18.9. The van der Waals surface area contributed by atoms with Crippen molar-refractivity contribution in [1.29, 1.82) is 5.26 Å². The molecule has 0 spiro atoms. The summed E-state index contributed by atoms with van der Waals surface area (Å²) in [6.45, 7) is 4.55. The van der Waals surface area contributed by atoms with Crippen LogP contribution in [0.25, 0.3) is 6.08 Å². The van der Waals surface area contributed by atoms with Crippen molar-refractivity contribution < 1.29 is 14.3 Å². The van der Waals surface area contributed by atoms with Crippen molar-refractivity contribution >= 4 is 12.0 Å². The molecule has 1 aliphatic rings. The third-order valence-corrected chi connectivity index (χ3v) is 4.59. The summed E-state index contributed by atoms with van der Waals surface area (Å²) in [5.74, 6) is 1.36. The zero-order valence-corrected chi connectivity index (χ0v) is 15.2. The largest absolute Gasteiger partial charge is 0.493 e. The average Bonchev–Trinajstić information content (AvgIpc) is 2.62. The molecule has 1 aliphatic carbocycles. The second-order valence-electron chi connectivity index (χ2n) is 6.35. The van der Waals surface area contributed by atoms with Crippen molar-refractivity contribution in [3.05, 3.63) is 29.3 Å². The summed E-state index contributed by atoms with van der Waals surface area (Å²) in [5, 5.41) is 12.4. The van der Waals surface area contributed by atoms with E-state index in [1.807, 2.05) is 13.0 Å². The second kappa shape index (κ2) is 9.12.